The van der Waals surface area contributed by atoms with Gasteiger partial charge in [0.2, 0.25) is 0 Å². The Bertz CT molecular complexity index is 766. The van der Waals surface area contributed by atoms with Crippen LogP contribution in [0.15, 0.2) is 48.5 Å². The van der Waals surface area contributed by atoms with E-state index in [1.807, 2.05) is 68.1 Å². The molecule has 0 atom stereocenters. The van der Waals surface area contributed by atoms with Crippen molar-refractivity contribution in [3.8, 4) is 11.5 Å². The Hall–Kier alpha value is -2.53. The molecule has 1 aliphatic heterocycles. The molecule has 1 amide bonds. The van der Waals surface area contributed by atoms with Gasteiger partial charge in [0.15, 0.2) is 6.61 Å². The van der Waals surface area contributed by atoms with Crippen LogP contribution in [0.3, 0.4) is 0 Å². The average molecular weight is 383 g/mol. The zero-order valence-electron chi connectivity index (χ0n) is 17.1. The molecule has 150 valence electrons. The molecule has 5 nitrogen and oxygen atoms in total. The molecule has 0 spiro atoms. The summed E-state index contributed by atoms with van der Waals surface area (Å²) in [4.78, 5) is 16.7. The number of aryl methyl sites for hydroxylation is 1. The predicted octanol–water partition coefficient (Wildman–Crippen LogP) is 3.51. The number of hydrogen-bond donors (Lipinski definition) is 0. The highest BCUT2D eigenvalue weighted by molar-refractivity contribution is 5.77. The Morgan fingerprint density at radius 3 is 2.36 bits per heavy atom. The topological polar surface area (TPSA) is 42.0 Å². The summed E-state index contributed by atoms with van der Waals surface area (Å²) in [7, 11) is 0. The number of ether oxygens (including phenoxy) is 2. The van der Waals surface area contributed by atoms with Crippen molar-refractivity contribution in [3.05, 3.63) is 59.7 Å². The van der Waals surface area contributed by atoms with Crippen LogP contribution in [0.5, 0.6) is 11.5 Å². The highest BCUT2D eigenvalue weighted by Crippen LogP contribution is 2.22. The Labute approximate surface area is 167 Å². The van der Waals surface area contributed by atoms with E-state index < -0.39 is 0 Å². The molecule has 28 heavy (non-hydrogen) atoms. The molecule has 2 aromatic rings. The van der Waals surface area contributed by atoms with Gasteiger partial charge in [-0.15, -0.1) is 0 Å². The van der Waals surface area contributed by atoms with Crippen molar-refractivity contribution in [2.45, 2.75) is 33.4 Å². The molecule has 1 heterocycles. The Morgan fingerprint density at radius 2 is 1.68 bits per heavy atom. The number of carbonyl (C=O) groups is 1. The fourth-order valence-corrected chi connectivity index (χ4v) is 3.27. The van der Waals surface area contributed by atoms with Crippen LogP contribution >= 0.6 is 0 Å². The predicted molar refractivity (Wildman–Crippen MR) is 111 cm³/mol. The average Bonchev–Trinajstić information content (AvgIpc) is 2.69. The molecule has 0 aliphatic carbocycles. The third-order valence-electron chi connectivity index (χ3n) is 4.84. The van der Waals surface area contributed by atoms with Crippen molar-refractivity contribution in [2.24, 2.45) is 0 Å². The summed E-state index contributed by atoms with van der Waals surface area (Å²) >= 11 is 0. The largest absolute Gasteiger partial charge is 0.491 e. The molecule has 1 fully saturated rings. The van der Waals surface area contributed by atoms with Gasteiger partial charge in [-0.25, -0.2) is 0 Å². The summed E-state index contributed by atoms with van der Waals surface area (Å²) in [5.74, 6) is 1.73. The van der Waals surface area contributed by atoms with E-state index in [1.165, 1.54) is 11.1 Å². The molecule has 0 N–H and O–H groups in total. The second-order valence-corrected chi connectivity index (χ2v) is 7.53. The zero-order valence-corrected chi connectivity index (χ0v) is 17.1. The van der Waals surface area contributed by atoms with E-state index in [9.17, 15) is 4.79 Å². The highest BCUT2D eigenvalue weighted by atomic mass is 16.5. The third-order valence-corrected chi connectivity index (χ3v) is 4.84. The first-order valence-corrected chi connectivity index (χ1v) is 9.95. The number of benzene rings is 2. The van der Waals surface area contributed by atoms with Crippen molar-refractivity contribution in [1.29, 1.82) is 0 Å². The Balaban J connectivity index is 1.46. The number of hydrogen-bond acceptors (Lipinski definition) is 4. The van der Waals surface area contributed by atoms with Crippen LogP contribution in [0.4, 0.5) is 0 Å². The first kappa shape index (κ1) is 20.2. The van der Waals surface area contributed by atoms with Crippen LogP contribution in [0.2, 0.25) is 0 Å². The minimum absolute atomic E-state index is 0.0452. The van der Waals surface area contributed by atoms with Gasteiger partial charge in [0.25, 0.3) is 5.91 Å². The lowest BCUT2D eigenvalue weighted by molar-refractivity contribution is -0.135. The number of para-hydroxylation sites is 1. The number of piperazine rings is 1. The van der Waals surface area contributed by atoms with Gasteiger partial charge in [0, 0.05) is 38.3 Å². The van der Waals surface area contributed by atoms with Gasteiger partial charge in [-0.05, 0) is 39.0 Å². The van der Waals surface area contributed by atoms with Crippen molar-refractivity contribution in [2.75, 3.05) is 32.8 Å². The second kappa shape index (κ2) is 9.60. The molecule has 0 radical (unpaired) electrons. The fraction of sp³-hybridized carbons (Fsp3) is 0.435. The lowest BCUT2D eigenvalue weighted by atomic mass is 10.1. The fourth-order valence-electron chi connectivity index (χ4n) is 3.27. The van der Waals surface area contributed by atoms with E-state index in [2.05, 4.69) is 11.0 Å². The van der Waals surface area contributed by atoms with Gasteiger partial charge < -0.3 is 14.4 Å². The van der Waals surface area contributed by atoms with Gasteiger partial charge in [0.1, 0.15) is 11.5 Å². The lowest BCUT2D eigenvalue weighted by Gasteiger charge is -2.35. The van der Waals surface area contributed by atoms with Crippen molar-refractivity contribution in [1.82, 2.24) is 9.80 Å². The maximum Gasteiger partial charge on any atom is 0.260 e. The molecule has 0 saturated carbocycles. The summed E-state index contributed by atoms with van der Waals surface area (Å²) in [6, 6.07) is 16.0. The molecule has 1 aliphatic rings. The van der Waals surface area contributed by atoms with Crippen LogP contribution in [-0.4, -0.2) is 54.6 Å². The van der Waals surface area contributed by atoms with E-state index in [4.69, 9.17) is 9.47 Å². The normalized spacial score (nSPS) is 14.9. The summed E-state index contributed by atoms with van der Waals surface area (Å²) in [5.41, 5.74) is 2.37. The minimum atomic E-state index is 0.0452. The van der Waals surface area contributed by atoms with Crippen molar-refractivity contribution >= 4 is 5.91 Å². The summed E-state index contributed by atoms with van der Waals surface area (Å²) in [6.45, 7) is 10.2. The molecule has 2 aromatic carbocycles. The lowest BCUT2D eigenvalue weighted by Crippen LogP contribution is -2.49. The maximum atomic E-state index is 12.4. The quantitative estimate of drug-likeness (QED) is 0.735. The second-order valence-electron chi connectivity index (χ2n) is 7.53. The van der Waals surface area contributed by atoms with Gasteiger partial charge in [-0.3, -0.25) is 9.69 Å². The smallest absolute Gasteiger partial charge is 0.260 e. The van der Waals surface area contributed by atoms with Crippen LogP contribution in [0.1, 0.15) is 25.0 Å². The van der Waals surface area contributed by atoms with Gasteiger partial charge in [0.05, 0.1) is 6.10 Å². The van der Waals surface area contributed by atoms with Gasteiger partial charge in [-0.1, -0.05) is 35.9 Å². The number of nitrogens with zero attached hydrogens (tertiary/aromatic N) is 2. The minimum Gasteiger partial charge on any atom is -0.491 e. The molecular weight excluding hydrogens is 352 g/mol. The van der Waals surface area contributed by atoms with Crippen LogP contribution in [0, 0.1) is 6.92 Å². The Kier molecular flexibility index (Phi) is 6.93. The standard InChI is InChI=1S/C23H30N2O3/c1-18(2)28-22-7-5-4-6-20(22)16-24-12-14-25(15-13-24)23(26)17-27-21-10-8-19(3)9-11-21/h4-11,18H,12-17H2,1-3H3. The monoisotopic (exact) mass is 382 g/mol. The van der Waals surface area contributed by atoms with Crippen molar-refractivity contribution < 1.29 is 14.3 Å². The van der Waals surface area contributed by atoms with Crippen LogP contribution in [-0.2, 0) is 11.3 Å². The van der Waals surface area contributed by atoms with E-state index in [0.717, 1.165) is 44.2 Å². The highest BCUT2D eigenvalue weighted by Gasteiger charge is 2.22. The molecule has 1 saturated heterocycles. The molecule has 5 heteroatoms. The molecule has 0 unspecified atom stereocenters. The molecule has 0 bridgehead atoms. The molecule has 0 aromatic heterocycles. The summed E-state index contributed by atoms with van der Waals surface area (Å²) in [5, 5.41) is 0. The SMILES string of the molecule is Cc1ccc(OCC(=O)N2CCN(Cc3ccccc3OC(C)C)CC2)cc1. The van der Waals surface area contributed by atoms with E-state index >= 15 is 0 Å². The number of amides is 1. The van der Waals surface area contributed by atoms with Crippen molar-refractivity contribution in [3.63, 3.8) is 0 Å². The molecule has 3 rings (SSSR count). The van der Waals surface area contributed by atoms with Gasteiger partial charge in [-0.2, -0.15) is 0 Å². The Morgan fingerprint density at radius 1 is 1.00 bits per heavy atom. The van der Waals surface area contributed by atoms with Gasteiger partial charge >= 0.3 is 0 Å². The number of rotatable bonds is 7. The summed E-state index contributed by atoms with van der Waals surface area (Å²) < 4.78 is 11.5. The zero-order chi connectivity index (χ0) is 19.9. The van der Waals surface area contributed by atoms with Crippen LogP contribution < -0.4 is 9.47 Å². The maximum absolute atomic E-state index is 12.4. The third kappa shape index (κ3) is 5.73. The molecular formula is C23H30N2O3. The van der Waals surface area contributed by atoms with Crippen LogP contribution in [0.25, 0.3) is 0 Å². The van der Waals surface area contributed by atoms with E-state index in [0.29, 0.717) is 0 Å². The summed E-state index contributed by atoms with van der Waals surface area (Å²) in [6.07, 6.45) is 0.157. The number of carbonyl (C=O) groups excluding carboxylic acids is 1. The van der Waals surface area contributed by atoms with E-state index in [1.54, 1.807) is 0 Å². The van der Waals surface area contributed by atoms with E-state index in [-0.39, 0.29) is 18.6 Å². The first-order chi connectivity index (χ1) is 13.5. The first-order valence-electron chi connectivity index (χ1n) is 9.95.